The van der Waals surface area contributed by atoms with E-state index in [1.165, 1.54) is 6.92 Å². The molecule has 14 heavy (non-hydrogen) atoms. The van der Waals surface area contributed by atoms with E-state index in [0.717, 1.165) is 5.56 Å². The van der Waals surface area contributed by atoms with Crippen LogP contribution >= 0.6 is 27.5 Å². The fourth-order valence-electron chi connectivity index (χ4n) is 1.14. The first-order valence-electron chi connectivity index (χ1n) is 3.99. The summed E-state index contributed by atoms with van der Waals surface area (Å²) in [5.41, 5.74) is 1.18. The first-order chi connectivity index (χ1) is 6.52. The Kier molecular flexibility index (Phi) is 3.84. The Labute approximate surface area is 95.4 Å². The van der Waals surface area contributed by atoms with Gasteiger partial charge in [0.05, 0.1) is 0 Å². The Morgan fingerprint density at radius 3 is 2.57 bits per heavy atom. The van der Waals surface area contributed by atoms with Crippen LogP contribution in [0, 0.1) is 0 Å². The molecule has 0 saturated heterocycles. The van der Waals surface area contributed by atoms with Crippen LogP contribution in [0.3, 0.4) is 0 Å². The van der Waals surface area contributed by atoms with Crippen LogP contribution in [-0.2, 0) is 11.2 Å². The predicted molar refractivity (Wildman–Crippen MR) is 58.7 cm³/mol. The Hall–Kier alpha value is -0.670. The molecule has 0 bridgehead atoms. The molecule has 0 aliphatic heterocycles. The summed E-state index contributed by atoms with van der Waals surface area (Å²) >= 11 is 8.62. The summed E-state index contributed by atoms with van der Waals surface area (Å²) in [5.74, 6) is 0.0462. The molecule has 1 aromatic rings. The third-order valence-corrected chi connectivity index (χ3v) is 2.87. The number of hydrogen-bond donors (Lipinski definition) is 0. The molecule has 1 rings (SSSR count). The summed E-state index contributed by atoms with van der Waals surface area (Å²) in [6.45, 7) is 1.50. The van der Waals surface area contributed by atoms with Crippen molar-refractivity contribution in [1.29, 1.82) is 0 Å². The highest BCUT2D eigenvalue weighted by Gasteiger charge is 2.11. The molecule has 0 amide bonds. The molecule has 4 heteroatoms. The van der Waals surface area contributed by atoms with Crippen molar-refractivity contribution in [3.63, 3.8) is 0 Å². The summed E-state index contributed by atoms with van der Waals surface area (Å²) in [5, 5.41) is -0.526. The minimum Gasteiger partial charge on any atom is -0.300 e. The number of ketones is 1. The molecule has 0 N–H and O–H groups in total. The topological polar surface area (TPSA) is 34.1 Å². The smallest absolute Gasteiger partial charge is 0.253 e. The highest BCUT2D eigenvalue weighted by Crippen LogP contribution is 2.23. The Balaban J connectivity index is 3.13. The van der Waals surface area contributed by atoms with E-state index >= 15 is 0 Å². The van der Waals surface area contributed by atoms with E-state index < -0.39 is 5.24 Å². The fourth-order valence-corrected chi connectivity index (χ4v) is 1.99. The standard InChI is InChI=1S/C10H8BrClO2/c1-6(13)5-7-3-2-4-8(9(7)11)10(12)14/h2-4H,5H2,1H3. The molecule has 74 valence electrons. The Bertz CT molecular complexity index is 388. The minimum absolute atomic E-state index is 0.0462. The number of rotatable bonds is 3. The molecule has 0 aromatic heterocycles. The molecule has 2 nitrogen and oxygen atoms in total. The van der Waals surface area contributed by atoms with Gasteiger partial charge in [-0.1, -0.05) is 12.1 Å². The summed E-state index contributed by atoms with van der Waals surface area (Å²) in [6.07, 6.45) is 0.304. The van der Waals surface area contributed by atoms with Crippen LogP contribution in [0.5, 0.6) is 0 Å². The van der Waals surface area contributed by atoms with Gasteiger partial charge < -0.3 is 0 Å². The van der Waals surface area contributed by atoms with Crippen molar-refractivity contribution in [2.24, 2.45) is 0 Å². The van der Waals surface area contributed by atoms with Gasteiger partial charge in [-0.05, 0) is 46.1 Å². The quantitative estimate of drug-likeness (QED) is 0.795. The second-order valence-electron chi connectivity index (χ2n) is 2.93. The van der Waals surface area contributed by atoms with Gasteiger partial charge in [0.15, 0.2) is 0 Å². The molecule has 0 unspecified atom stereocenters. The SMILES string of the molecule is CC(=O)Cc1cccc(C(=O)Cl)c1Br. The number of halogens is 2. The van der Waals surface area contributed by atoms with Gasteiger partial charge in [-0.15, -0.1) is 0 Å². The lowest BCUT2D eigenvalue weighted by atomic mass is 10.1. The molecule has 0 spiro atoms. The van der Waals surface area contributed by atoms with Gasteiger partial charge in [-0.3, -0.25) is 9.59 Å². The van der Waals surface area contributed by atoms with Gasteiger partial charge in [-0.25, -0.2) is 0 Å². The van der Waals surface area contributed by atoms with Crippen molar-refractivity contribution in [2.75, 3.05) is 0 Å². The lowest BCUT2D eigenvalue weighted by molar-refractivity contribution is -0.116. The third kappa shape index (κ3) is 2.66. The van der Waals surface area contributed by atoms with E-state index in [1.54, 1.807) is 18.2 Å². The van der Waals surface area contributed by atoms with E-state index in [2.05, 4.69) is 15.9 Å². The van der Waals surface area contributed by atoms with Gasteiger partial charge in [0, 0.05) is 16.5 Å². The second kappa shape index (κ2) is 4.71. The molecule has 0 fully saturated rings. The van der Waals surface area contributed by atoms with Gasteiger partial charge in [0.25, 0.3) is 5.24 Å². The molecular weight excluding hydrogens is 267 g/mol. The van der Waals surface area contributed by atoms with Gasteiger partial charge >= 0.3 is 0 Å². The summed E-state index contributed by atoms with van der Waals surface area (Å²) in [7, 11) is 0. The zero-order chi connectivity index (χ0) is 10.7. The largest absolute Gasteiger partial charge is 0.300 e. The first-order valence-corrected chi connectivity index (χ1v) is 5.16. The second-order valence-corrected chi connectivity index (χ2v) is 4.07. The van der Waals surface area contributed by atoms with Crippen molar-refractivity contribution in [3.05, 3.63) is 33.8 Å². The maximum atomic E-state index is 11.0. The third-order valence-electron chi connectivity index (χ3n) is 1.73. The van der Waals surface area contributed by atoms with Crippen LogP contribution in [-0.4, -0.2) is 11.0 Å². The fraction of sp³-hybridized carbons (Fsp3) is 0.200. The summed E-state index contributed by atoms with van der Waals surface area (Å²) in [6, 6.07) is 5.11. The van der Waals surface area contributed by atoms with Crippen LogP contribution in [0.2, 0.25) is 0 Å². The van der Waals surface area contributed by atoms with E-state index in [-0.39, 0.29) is 5.78 Å². The molecule has 0 heterocycles. The van der Waals surface area contributed by atoms with Crippen LogP contribution in [0.25, 0.3) is 0 Å². The minimum atomic E-state index is -0.526. The van der Waals surface area contributed by atoms with E-state index in [1.807, 2.05) is 0 Å². The lowest BCUT2D eigenvalue weighted by Crippen LogP contribution is -2.00. The molecule has 0 aliphatic carbocycles. The maximum Gasteiger partial charge on any atom is 0.253 e. The molecule has 0 aliphatic rings. The number of benzene rings is 1. The highest BCUT2D eigenvalue weighted by atomic mass is 79.9. The Morgan fingerprint density at radius 2 is 2.07 bits per heavy atom. The summed E-state index contributed by atoms with van der Waals surface area (Å²) in [4.78, 5) is 21.9. The number of carbonyl (C=O) groups excluding carboxylic acids is 2. The van der Waals surface area contributed by atoms with Gasteiger partial charge in [-0.2, -0.15) is 0 Å². The Morgan fingerprint density at radius 1 is 1.43 bits per heavy atom. The molecule has 0 atom stereocenters. The van der Waals surface area contributed by atoms with Crippen LogP contribution in [0.4, 0.5) is 0 Å². The number of Topliss-reactive ketones (excluding diaryl/α,β-unsaturated/α-hetero) is 1. The lowest BCUT2D eigenvalue weighted by Gasteiger charge is -2.04. The monoisotopic (exact) mass is 274 g/mol. The van der Waals surface area contributed by atoms with Gasteiger partial charge in [0.2, 0.25) is 0 Å². The zero-order valence-electron chi connectivity index (χ0n) is 7.51. The van der Waals surface area contributed by atoms with Gasteiger partial charge in [0.1, 0.15) is 5.78 Å². The van der Waals surface area contributed by atoms with Crippen LogP contribution in [0.1, 0.15) is 22.8 Å². The van der Waals surface area contributed by atoms with Crippen molar-refractivity contribution >= 4 is 38.6 Å². The van der Waals surface area contributed by atoms with E-state index in [0.29, 0.717) is 16.5 Å². The highest BCUT2D eigenvalue weighted by molar-refractivity contribution is 9.10. The van der Waals surface area contributed by atoms with Crippen molar-refractivity contribution in [1.82, 2.24) is 0 Å². The van der Waals surface area contributed by atoms with Crippen LogP contribution < -0.4 is 0 Å². The molecular formula is C10H8BrClO2. The summed E-state index contributed by atoms with van der Waals surface area (Å²) < 4.78 is 0.607. The maximum absolute atomic E-state index is 11.0. The number of hydrogen-bond acceptors (Lipinski definition) is 2. The predicted octanol–water partition coefficient (Wildman–Crippen LogP) is 2.96. The van der Waals surface area contributed by atoms with E-state index in [9.17, 15) is 9.59 Å². The van der Waals surface area contributed by atoms with E-state index in [4.69, 9.17) is 11.6 Å². The average Bonchev–Trinajstić information content (AvgIpc) is 2.07. The molecule has 0 saturated carbocycles. The van der Waals surface area contributed by atoms with Crippen molar-refractivity contribution < 1.29 is 9.59 Å². The molecule has 0 radical (unpaired) electrons. The van der Waals surface area contributed by atoms with Crippen LogP contribution in [0.15, 0.2) is 22.7 Å². The van der Waals surface area contributed by atoms with Crippen molar-refractivity contribution in [2.45, 2.75) is 13.3 Å². The zero-order valence-corrected chi connectivity index (χ0v) is 9.85. The normalized spacial score (nSPS) is 9.93. The first kappa shape index (κ1) is 11.4. The molecule has 1 aromatic carbocycles. The average molecular weight is 276 g/mol. The van der Waals surface area contributed by atoms with Crippen molar-refractivity contribution in [3.8, 4) is 0 Å². The number of carbonyl (C=O) groups is 2.